The summed E-state index contributed by atoms with van der Waals surface area (Å²) in [4.78, 5) is 24.5. The summed E-state index contributed by atoms with van der Waals surface area (Å²) in [5.41, 5.74) is 2.17. The fraction of sp³-hybridized carbons (Fsp3) is 0.364. The Kier molecular flexibility index (Phi) is 7.51. The Bertz CT molecular complexity index is 874. The molecule has 29 heavy (non-hydrogen) atoms. The second-order valence-corrected chi connectivity index (χ2v) is 7.98. The van der Waals surface area contributed by atoms with Gasteiger partial charge in [0.05, 0.1) is 24.9 Å². The molecule has 2 rings (SSSR count). The van der Waals surface area contributed by atoms with Gasteiger partial charge in [0.25, 0.3) is 5.91 Å². The fourth-order valence-corrected chi connectivity index (χ4v) is 2.92. The molecule has 0 saturated heterocycles. The molecule has 0 aliphatic carbocycles. The number of ether oxygens (including phenoxy) is 2. The number of nitrogens with one attached hydrogen (secondary N) is 2. The van der Waals surface area contributed by atoms with E-state index in [1.54, 1.807) is 24.3 Å². The quantitative estimate of drug-likeness (QED) is 0.698. The predicted octanol–water partition coefficient (Wildman–Crippen LogP) is 4.41. The van der Waals surface area contributed by atoms with Crippen LogP contribution in [-0.2, 0) is 10.2 Å². The summed E-state index contributed by atoms with van der Waals surface area (Å²) in [6, 6.07) is 10.6. The van der Waals surface area contributed by atoms with Gasteiger partial charge in [-0.3, -0.25) is 9.59 Å². The van der Waals surface area contributed by atoms with Crippen LogP contribution < -0.4 is 20.1 Å². The molecule has 0 radical (unpaired) electrons. The lowest BCUT2D eigenvalue weighted by atomic mass is 9.87. The molecule has 2 aromatic carbocycles. The van der Waals surface area contributed by atoms with Gasteiger partial charge in [-0.1, -0.05) is 44.5 Å². The van der Waals surface area contributed by atoms with Crippen LogP contribution in [0.2, 0.25) is 5.02 Å². The Labute approximate surface area is 176 Å². The number of carbonyl (C=O) groups is 2. The van der Waals surface area contributed by atoms with Crippen LogP contribution in [0.4, 0.5) is 5.69 Å². The number of hydrogen-bond donors (Lipinski definition) is 2. The van der Waals surface area contributed by atoms with Gasteiger partial charge >= 0.3 is 0 Å². The van der Waals surface area contributed by atoms with Gasteiger partial charge in [-0.2, -0.15) is 0 Å². The molecule has 0 aromatic heterocycles. The van der Waals surface area contributed by atoms with E-state index in [9.17, 15) is 9.59 Å². The monoisotopic (exact) mass is 418 g/mol. The average molecular weight is 419 g/mol. The Morgan fingerprint density at radius 3 is 2.17 bits per heavy atom. The van der Waals surface area contributed by atoms with Gasteiger partial charge in [-0.25, -0.2) is 0 Å². The molecule has 0 saturated carbocycles. The maximum absolute atomic E-state index is 12.3. The van der Waals surface area contributed by atoms with Gasteiger partial charge in [0, 0.05) is 24.6 Å². The van der Waals surface area contributed by atoms with Crippen LogP contribution >= 0.6 is 11.6 Å². The topological polar surface area (TPSA) is 76.7 Å². The molecule has 7 heteroatoms. The van der Waals surface area contributed by atoms with E-state index in [4.69, 9.17) is 21.1 Å². The molecule has 0 aliphatic rings. The normalized spacial score (nSPS) is 11.0. The SMILES string of the molecule is COc1cc(OC)c(NC(=O)CCNC(=O)c2ccc(C(C)(C)C)cc2)cc1Cl. The first-order valence-electron chi connectivity index (χ1n) is 9.26. The lowest BCUT2D eigenvalue weighted by Gasteiger charge is -2.19. The summed E-state index contributed by atoms with van der Waals surface area (Å²) < 4.78 is 10.4. The van der Waals surface area contributed by atoms with E-state index in [2.05, 4.69) is 31.4 Å². The number of hydrogen-bond acceptors (Lipinski definition) is 4. The number of carbonyl (C=O) groups excluding carboxylic acids is 2. The van der Waals surface area contributed by atoms with E-state index in [1.165, 1.54) is 14.2 Å². The largest absolute Gasteiger partial charge is 0.495 e. The van der Waals surface area contributed by atoms with E-state index in [-0.39, 0.29) is 30.2 Å². The molecule has 6 nitrogen and oxygen atoms in total. The van der Waals surface area contributed by atoms with Gasteiger partial charge in [-0.15, -0.1) is 0 Å². The van der Waals surface area contributed by atoms with Crippen LogP contribution in [0.1, 0.15) is 43.1 Å². The van der Waals surface area contributed by atoms with Crippen molar-refractivity contribution in [3.05, 3.63) is 52.5 Å². The maximum Gasteiger partial charge on any atom is 0.251 e. The average Bonchev–Trinajstić information content (AvgIpc) is 2.67. The van der Waals surface area contributed by atoms with Crippen LogP contribution in [0.3, 0.4) is 0 Å². The number of amides is 2. The molecular weight excluding hydrogens is 392 g/mol. The van der Waals surface area contributed by atoms with Crippen molar-refractivity contribution in [3.63, 3.8) is 0 Å². The van der Waals surface area contributed by atoms with Crippen molar-refractivity contribution in [3.8, 4) is 11.5 Å². The fourth-order valence-electron chi connectivity index (χ4n) is 2.68. The third-order valence-electron chi connectivity index (χ3n) is 4.40. The second-order valence-electron chi connectivity index (χ2n) is 7.57. The molecule has 0 fully saturated rings. The molecule has 156 valence electrons. The number of anilines is 1. The van der Waals surface area contributed by atoms with E-state index < -0.39 is 0 Å². The molecule has 0 atom stereocenters. The first-order valence-corrected chi connectivity index (χ1v) is 9.63. The van der Waals surface area contributed by atoms with Gasteiger partial charge in [0.1, 0.15) is 11.5 Å². The summed E-state index contributed by atoms with van der Waals surface area (Å²) in [7, 11) is 2.99. The number of methoxy groups -OCH3 is 2. The minimum atomic E-state index is -0.270. The molecule has 0 spiro atoms. The van der Waals surface area contributed by atoms with Crippen LogP contribution in [-0.4, -0.2) is 32.6 Å². The van der Waals surface area contributed by atoms with Crippen molar-refractivity contribution in [2.45, 2.75) is 32.6 Å². The number of rotatable bonds is 7. The van der Waals surface area contributed by atoms with Crippen molar-refractivity contribution < 1.29 is 19.1 Å². The summed E-state index contributed by atoms with van der Waals surface area (Å²) in [6.45, 7) is 6.56. The third-order valence-corrected chi connectivity index (χ3v) is 4.69. The Hall–Kier alpha value is -2.73. The minimum absolute atomic E-state index is 0.0263. The lowest BCUT2D eigenvalue weighted by Crippen LogP contribution is -2.27. The minimum Gasteiger partial charge on any atom is -0.495 e. The van der Waals surface area contributed by atoms with Gasteiger partial charge in [-0.05, 0) is 29.2 Å². The molecule has 2 amide bonds. The molecule has 0 aliphatic heterocycles. The van der Waals surface area contributed by atoms with Crippen LogP contribution in [0.25, 0.3) is 0 Å². The van der Waals surface area contributed by atoms with E-state index >= 15 is 0 Å². The van der Waals surface area contributed by atoms with E-state index in [1.807, 2.05) is 12.1 Å². The summed E-state index contributed by atoms with van der Waals surface area (Å²) in [5, 5.41) is 5.85. The van der Waals surface area contributed by atoms with E-state index in [0.717, 1.165) is 5.56 Å². The highest BCUT2D eigenvalue weighted by Gasteiger charge is 2.15. The molecule has 0 unspecified atom stereocenters. The molecule has 0 heterocycles. The highest BCUT2D eigenvalue weighted by atomic mass is 35.5. The van der Waals surface area contributed by atoms with Crippen LogP contribution in [0.5, 0.6) is 11.5 Å². The Balaban J connectivity index is 1.90. The van der Waals surface area contributed by atoms with Gasteiger partial charge in [0.15, 0.2) is 0 Å². The number of halogens is 1. The second kappa shape index (κ2) is 9.65. The van der Waals surface area contributed by atoms with Gasteiger partial charge in [0.2, 0.25) is 5.91 Å². The third kappa shape index (κ3) is 6.12. The summed E-state index contributed by atoms with van der Waals surface area (Å²) in [6.07, 6.45) is 0.110. The van der Waals surface area contributed by atoms with E-state index in [0.29, 0.717) is 27.8 Å². The summed E-state index contributed by atoms with van der Waals surface area (Å²) in [5.74, 6) is 0.394. The smallest absolute Gasteiger partial charge is 0.251 e. The molecule has 0 bridgehead atoms. The zero-order chi connectivity index (χ0) is 21.6. The predicted molar refractivity (Wildman–Crippen MR) is 115 cm³/mol. The van der Waals surface area contributed by atoms with Crippen molar-refractivity contribution in [1.29, 1.82) is 0 Å². The first-order chi connectivity index (χ1) is 13.7. The van der Waals surface area contributed by atoms with Gasteiger partial charge < -0.3 is 20.1 Å². The Morgan fingerprint density at radius 2 is 1.62 bits per heavy atom. The first kappa shape index (κ1) is 22.6. The van der Waals surface area contributed by atoms with Crippen LogP contribution in [0.15, 0.2) is 36.4 Å². The van der Waals surface area contributed by atoms with Crippen LogP contribution in [0, 0.1) is 0 Å². The zero-order valence-electron chi connectivity index (χ0n) is 17.4. The number of benzene rings is 2. The highest BCUT2D eigenvalue weighted by molar-refractivity contribution is 6.32. The lowest BCUT2D eigenvalue weighted by molar-refractivity contribution is -0.116. The Morgan fingerprint density at radius 1 is 1.00 bits per heavy atom. The zero-order valence-corrected chi connectivity index (χ0v) is 18.1. The highest BCUT2D eigenvalue weighted by Crippen LogP contribution is 2.35. The molecule has 2 aromatic rings. The molecular formula is C22H27ClN2O4. The van der Waals surface area contributed by atoms with Crippen molar-refractivity contribution in [1.82, 2.24) is 5.32 Å². The standard InChI is InChI=1S/C22H27ClN2O4/c1-22(2,3)15-8-6-14(7-9-15)21(27)24-11-10-20(26)25-17-12-16(23)18(28-4)13-19(17)29-5/h6-9,12-13H,10-11H2,1-5H3,(H,24,27)(H,25,26). The van der Waals surface area contributed by atoms with Crippen molar-refractivity contribution in [2.24, 2.45) is 0 Å². The molecule has 2 N–H and O–H groups in total. The van der Waals surface area contributed by atoms with Crippen molar-refractivity contribution >= 4 is 29.1 Å². The summed E-state index contributed by atoms with van der Waals surface area (Å²) >= 11 is 6.11. The van der Waals surface area contributed by atoms with Crippen molar-refractivity contribution in [2.75, 3.05) is 26.1 Å². The maximum atomic E-state index is 12.3.